The van der Waals surface area contributed by atoms with Crippen molar-refractivity contribution >= 4 is 5.91 Å². The van der Waals surface area contributed by atoms with Gasteiger partial charge < -0.3 is 14.7 Å². The van der Waals surface area contributed by atoms with E-state index in [1.807, 2.05) is 6.92 Å². The number of carbonyl (C=O) groups excluding carboxylic acids is 1. The lowest BCUT2D eigenvalue weighted by atomic mass is 10.1. The molecule has 1 saturated heterocycles. The van der Waals surface area contributed by atoms with Crippen LogP contribution < -0.4 is 0 Å². The molecule has 1 unspecified atom stereocenters. The molecule has 92 valence electrons. The summed E-state index contributed by atoms with van der Waals surface area (Å²) in [6, 6.07) is 3.36. The molecule has 4 nitrogen and oxygen atoms in total. The van der Waals surface area contributed by atoms with Gasteiger partial charge in [-0.3, -0.25) is 4.79 Å². The van der Waals surface area contributed by atoms with Gasteiger partial charge in [0.1, 0.15) is 11.6 Å². The summed E-state index contributed by atoms with van der Waals surface area (Å²) in [6.07, 6.45) is -0.0385. The van der Waals surface area contributed by atoms with E-state index in [9.17, 15) is 14.3 Å². The highest BCUT2D eigenvalue weighted by atomic mass is 19.1. The van der Waals surface area contributed by atoms with Crippen molar-refractivity contribution in [1.29, 1.82) is 0 Å². The number of phenolic OH excluding ortho intramolecular Hbond substituents is 1. The zero-order chi connectivity index (χ0) is 12.4. The highest BCUT2D eigenvalue weighted by Gasteiger charge is 2.24. The van der Waals surface area contributed by atoms with E-state index in [4.69, 9.17) is 4.74 Å². The molecule has 0 aromatic heterocycles. The molecule has 0 spiro atoms. The Kier molecular flexibility index (Phi) is 3.28. The monoisotopic (exact) mass is 239 g/mol. The Morgan fingerprint density at radius 1 is 1.59 bits per heavy atom. The number of morpholine rings is 1. The molecule has 2 rings (SSSR count). The minimum absolute atomic E-state index is 0.000833. The molecule has 1 aromatic rings. The van der Waals surface area contributed by atoms with Gasteiger partial charge in [0, 0.05) is 13.1 Å². The van der Waals surface area contributed by atoms with Crippen molar-refractivity contribution in [1.82, 2.24) is 4.90 Å². The van der Waals surface area contributed by atoms with Crippen molar-refractivity contribution < 1.29 is 19.0 Å². The van der Waals surface area contributed by atoms with E-state index in [0.717, 1.165) is 12.1 Å². The van der Waals surface area contributed by atoms with Crippen LogP contribution in [-0.2, 0) is 4.74 Å². The second-order valence-corrected chi connectivity index (χ2v) is 4.09. The molecule has 1 fully saturated rings. The normalized spacial score (nSPS) is 20.4. The van der Waals surface area contributed by atoms with Crippen LogP contribution in [0, 0.1) is 5.82 Å². The van der Waals surface area contributed by atoms with Crippen LogP contribution in [-0.4, -0.2) is 41.7 Å². The third-order valence-electron chi connectivity index (χ3n) is 2.72. The Bertz CT molecular complexity index is 436. The first-order valence-corrected chi connectivity index (χ1v) is 5.47. The summed E-state index contributed by atoms with van der Waals surface area (Å²) < 4.78 is 18.4. The molecule has 0 saturated carbocycles. The lowest BCUT2D eigenvalue weighted by Gasteiger charge is -2.31. The van der Waals surface area contributed by atoms with Gasteiger partial charge >= 0.3 is 0 Å². The molecule has 1 atom stereocenters. The molecule has 1 aliphatic rings. The van der Waals surface area contributed by atoms with Gasteiger partial charge in [-0.05, 0) is 25.1 Å². The quantitative estimate of drug-likeness (QED) is 0.805. The number of nitrogens with zero attached hydrogens (tertiary/aromatic N) is 1. The zero-order valence-electron chi connectivity index (χ0n) is 9.52. The zero-order valence-corrected chi connectivity index (χ0v) is 9.52. The number of phenols is 1. The largest absolute Gasteiger partial charge is 0.507 e. The van der Waals surface area contributed by atoms with E-state index in [0.29, 0.717) is 19.7 Å². The summed E-state index contributed by atoms with van der Waals surface area (Å²) in [5.41, 5.74) is -0.000833. The van der Waals surface area contributed by atoms with Crippen molar-refractivity contribution in [2.24, 2.45) is 0 Å². The molecule has 1 amide bonds. The molecule has 1 heterocycles. The summed E-state index contributed by atoms with van der Waals surface area (Å²) in [7, 11) is 0. The number of carbonyl (C=O) groups is 1. The van der Waals surface area contributed by atoms with E-state index in [2.05, 4.69) is 0 Å². The predicted molar refractivity (Wildman–Crippen MR) is 59.4 cm³/mol. The van der Waals surface area contributed by atoms with Gasteiger partial charge in [0.25, 0.3) is 5.91 Å². The summed E-state index contributed by atoms with van der Waals surface area (Å²) >= 11 is 0. The molecule has 0 aliphatic carbocycles. The first-order chi connectivity index (χ1) is 8.08. The molecule has 5 heteroatoms. The first kappa shape index (κ1) is 11.9. The van der Waals surface area contributed by atoms with Gasteiger partial charge in [0.05, 0.1) is 18.3 Å². The third-order valence-corrected chi connectivity index (χ3v) is 2.72. The topological polar surface area (TPSA) is 49.8 Å². The van der Waals surface area contributed by atoms with Crippen LogP contribution in [0.15, 0.2) is 18.2 Å². The SMILES string of the molecule is CC1CN(C(=O)c2cc(F)ccc2O)CCO1. The molecule has 0 radical (unpaired) electrons. The van der Waals surface area contributed by atoms with Crippen LogP contribution in [0.3, 0.4) is 0 Å². The number of benzene rings is 1. The average Bonchev–Trinajstić information content (AvgIpc) is 2.31. The minimum atomic E-state index is -0.535. The maximum Gasteiger partial charge on any atom is 0.257 e. The van der Waals surface area contributed by atoms with E-state index in [1.165, 1.54) is 6.07 Å². The van der Waals surface area contributed by atoms with Crippen molar-refractivity contribution in [3.8, 4) is 5.75 Å². The number of hydrogen-bond acceptors (Lipinski definition) is 3. The number of halogens is 1. The van der Waals surface area contributed by atoms with E-state index >= 15 is 0 Å². The summed E-state index contributed by atoms with van der Waals surface area (Å²) in [5.74, 6) is -1.10. The molecule has 17 heavy (non-hydrogen) atoms. The van der Waals surface area contributed by atoms with Crippen LogP contribution in [0.5, 0.6) is 5.75 Å². The third kappa shape index (κ3) is 2.55. The van der Waals surface area contributed by atoms with E-state index in [-0.39, 0.29) is 23.3 Å². The van der Waals surface area contributed by atoms with Crippen molar-refractivity contribution in [3.05, 3.63) is 29.6 Å². The number of rotatable bonds is 1. The second-order valence-electron chi connectivity index (χ2n) is 4.09. The Hall–Kier alpha value is -1.62. The Morgan fingerprint density at radius 3 is 3.06 bits per heavy atom. The van der Waals surface area contributed by atoms with E-state index in [1.54, 1.807) is 4.90 Å². The van der Waals surface area contributed by atoms with Crippen LogP contribution in [0.2, 0.25) is 0 Å². The van der Waals surface area contributed by atoms with Crippen LogP contribution in [0.4, 0.5) is 4.39 Å². The maximum atomic E-state index is 13.0. The van der Waals surface area contributed by atoms with E-state index < -0.39 is 5.82 Å². The summed E-state index contributed by atoms with van der Waals surface area (Å²) in [6.45, 7) is 3.24. The number of aromatic hydroxyl groups is 1. The van der Waals surface area contributed by atoms with Crippen molar-refractivity contribution in [2.75, 3.05) is 19.7 Å². The minimum Gasteiger partial charge on any atom is -0.507 e. The summed E-state index contributed by atoms with van der Waals surface area (Å²) in [5, 5.41) is 9.56. The van der Waals surface area contributed by atoms with Gasteiger partial charge in [-0.1, -0.05) is 0 Å². The Balaban J connectivity index is 2.21. The Labute approximate surface area is 98.6 Å². The fourth-order valence-electron chi connectivity index (χ4n) is 1.85. The fraction of sp³-hybridized carbons (Fsp3) is 0.417. The molecule has 1 aliphatic heterocycles. The first-order valence-electron chi connectivity index (χ1n) is 5.47. The lowest BCUT2D eigenvalue weighted by Crippen LogP contribution is -2.44. The molecule has 1 N–H and O–H groups in total. The van der Waals surface area contributed by atoms with Crippen LogP contribution in [0.25, 0.3) is 0 Å². The number of ether oxygens (including phenoxy) is 1. The molecule has 1 aromatic carbocycles. The highest BCUT2D eigenvalue weighted by molar-refractivity contribution is 5.96. The summed E-state index contributed by atoms with van der Waals surface area (Å²) in [4.78, 5) is 13.6. The molecule has 0 bridgehead atoms. The predicted octanol–water partition coefficient (Wildman–Crippen LogP) is 1.39. The standard InChI is InChI=1S/C12H14FNO3/c1-8-7-14(4-5-17-8)12(16)10-6-9(13)2-3-11(10)15/h2-3,6,8,15H,4-5,7H2,1H3. The van der Waals surface area contributed by atoms with Gasteiger partial charge in [-0.25, -0.2) is 4.39 Å². The van der Waals surface area contributed by atoms with Gasteiger partial charge in [-0.15, -0.1) is 0 Å². The number of hydrogen-bond donors (Lipinski definition) is 1. The van der Waals surface area contributed by atoms with Gasteiger partial charge in [0.2, 0.25) is 0 Å². The molecular formula is C12H14FNO3. The van der Waals surface area contributed by atoms with Crippen LogP contribution in [0.1, 0.15) is 17.3 Å². The van der Waals surface area contributed by atoms with Gasteiger partial charge in [-0.2, -0.15) is 0 Å². The Morgan fingerprint density at radius 2 is 2.35 bits per heavy atom. The highest BCUT2D eigenvalue weighted by Crippen LogP contribution is 2.20. The maximum absolute atomic E-state index is 13.0. The average molecular weight is 239 g/mol. The molecular weight excluding hydrogens is 225 g/mol. The van der Waals surface area contributed by atoms with Crippen molar-refractivity contribution in [3.63, 3.8) is 0 Å². The fourth-order valence-corrected chi connectivity index (χ4v) is 1.85. The van der Waals surface area contributed by atoms with Gasteiger partial charge in [0.15, 0.2) is 0 Å². The van der Waals surface area contributed by atoms with Crippen LogP contribution >= 0.6 is 0 Å². The smallest absolute Gasteiger partial charge is 0.257 e. The second kappa shape index (κ2) is 4.71. The number of amides is 1. The van der Waals surface area contributed by atoms with Crippen molar-refractivity contribution in [2.45, 2.75) is 13.0 Å². The lowest BCUT2D eigenvalue weighted by molar-refractivity contribution is -0.0125.